The summed E-state index contributed by atoms with van der Waals surface area (Å²) < 4.78 is 0. The quantitative estimate of drug-likeness (QED) is 0.189. The molecule has 3 aromatic rings. The van der Waals surface area contributed by atoms with E-state index in [4.69, 9.17) is 33.8 Å². The molecular formula is C28H34ClN7S2. The molecule has 2 fully saturated rings. The van der Waals surface area contributed by atoms with E-state index in [1.165, 1.54) is 43.0 Å². The van der Waals surface area contributed by atoms with Gasteiger partial charge in [0.1, 0.15) is 10.8 Å². The molecule has 1 saturated heterocycles. The summed E-state index contributed by atoms with van der Waals surface area (Å²) in [4.78, 5) is 20.7. The van der Waals surface area contributed by atoms with Crippen molar-refractivity contribution in [3.63, 3.8) is 0 Å². The van der Waals surface area contributed by atoms with E-state index in [1.54, 1.807) is 12.4 Å². The molecule has 0 radical (unpaired) electrons. The Balaban J connectivity index is 1.33. The van der Waals surface area contributed by atoms with Crippen LogP contribution in [0.2, 0.25) is 5.02 Å². The van der Waals surface area contributed by atoms with Crippen molar-refractivity contribution in [2.24, 2.45) is 5.92 Å². The molecule has 38 heavy (non-hydrogen) atoms. The second kappa shape index (κ2) is 12.6. The largest absolute Gasteiger partial charge is 0.361 e. The Bertz CT molecular complexity index is 1220. The molecule has 0 bridgehead atoms. The molecule has 0 unspecified atom stereocenters. The van der Waals surface area contributed by atoms with E-state index in [-0.39, 0.29) is 5.41 Å². The molecule has 1 aromatic carbocycles. The van der Waals surface area contributed by atoms with Crippen LogP contribution in [-0.4, -0.2) is 44.7 Å². The standard InChI is InChI=1S/C28H34ClN7S2/c1-20-7-5-16-36(18-20)23-17-24(38-27-30-14-6-15-31-27)34-25(33-23)35-26(37)32-19-28(12-3-2-4-13-28)21-8-10-22(29)11-9-21/h6,8-11,14-15,17,20H,2-5,7,12-13,16,18-19H2,1H3,(H2,32,33,34,35,37)/t20-/m0/s1. The van der Waals surface area contributed by atoms with Crippen molar-refractivity contribution < 1.29 is 0 Å². The SMILES string of the molecule is C[C@H]1CCCN(c2cc(Sc3ncccn3)nc(NC(=S)NCC3(c4ccc(Cl)cc4)CCCCC3)n2)C1. The average Bonchev–Trinajstić information content (AvgIpc) is 2.93. The fourth-order valence-electron chi connectivity index (χ4n) is 5.51. The second-order valence-corrected chi connectivity index (χ2v) is 12.2. The second-order valence-electron chi connectivity index (χ2n) is 10.4. The van der Waals surface area contributed by atoms with Gasteiger partial charge >= 0.3 is 0 Å². The first-order valence-electron chi connectivity index (χ1n) is 13.4. The lowest BCUT2D eigenvalue weighted by atomic mass is 9.69. The number of hydrogen-bond donors (Lipinski definition) is 2. The minimum absolute atomic E-state index is 0.0346. The molecule has 1 aliphatic heterocycles. The molecule has 10 heteroatoms. The number of nitrogens with zero attached hydrogens (tertiary/aromatic N) is 5. The van der Waals surface area contributed by atoms with Crippen LogP contribution in [0.1, 0.15) is 57.4 Å². The van der Waals surface area contributed by atoms with Crippen LogP contribution in [-0.2, 0) is 5.41 Å². The van der Waals surface area contributed by atoms with E-state index in [0.717, 1.165) is 54.8 Å². The van der Waals surface area contributed by atoms with E-state index < -0.39 is 0 Å². The fraction of sp³-hybridized carbons (Fsp3) is 0.464. The van der Waals surface area contributed by atoms with Crippen LogP contribution < -0.4 is 15.5 Å². The molecule has 2 aliphatic rings. The van der Waals surface area contributed by atoms with Crippen LogP contribution in [0.25, 0.3) is 0 Å². The summed E-state index contributed by atoms with van der Waals surface area (Å²) in [7, 11) is 0. The van der Waals surface area contributed by atoms with Gasteiger partial charge in [-0.25, -0.2) is 15.0 Å². The monoisotopic (exact) mass is 567 g/mol. The molecule has 2 aromatic heterocycles. The van der Waals surface area contributed by atoms with Gasteiger partial charge in [-0.05, 0) is 79.3 Å². The zero-order valence-corrected chi connectivity index (χ0v) is 24.1. The minimum atomic E-state index is 0.0346. The molecule has 1 saturated carbocycles. The van der Waals surface area contributed by atoms with Gasteiger partial charge in [0.05, 0.1) is 0 Å². The normalized spacial score (nSPS) is 19.1. The van der Waals surface area contributed by atoms with Gasteiger partial charge in [0, 0.05) is 48.5 Å². The lowest BCUT2D eigenvalue weighted by Gasteiger charge is -2.38. The molecule has 7 nitrogen and oxygen atoms in total. The Morgan fingerprint density at radius 2 is 1.87 bits per heavy atom. The third kappa shape index (κ3) is 6.93. The van der Waals surface area contributed by atoms with E-state index in [2.05, 4.69) is 44.6 Å². The molecule has 1 atom stereocenters. The number of piperidine rings is 1. The number of nitrogens with one attached hydrogen (secondary N) is 2. The predicted molar refractivity (Wildman–Crippen MR) is 159 cm³/mol. The van der Waals surface area contributed by atoms with Crippen LogP contribution >= 0.6 is 35.6 Å². The fourth-order valence-corrected chi connectivity index (χ4v) is 6.51. The van der Waals surface area contributed by atoms with Crippen LogP contribution in [0.3, 0.4) is 0 Å². The van der Waals surface area contributed by atoms with Crippen molar-refractivity contribution in [1.82, 2.24) is 25.3 Å². The Morgan fingerprint density at radius 3 is 2.61 bits per heavy atom. The first kappa shape index (κ1) is 27.1. The maximum atomic E-state index is 6.18. The summed E-state index contributed by atoms with van der Waals surface area (Å²) in [5, 5.41) is 9.49. The topological polar surface area (TPSA) is 78.9 Å². The van der Waals surface area contributed by atoms with Crippen molar-refractivity contribution in [3.8, 4) is 0 Å². The maximum Gasteiger partial charge on any atom is 0.232 e. The maximum absolute atomic E-state index is 6.18. The average molecular weight is 568 g/mol. The lowest BCUT2D eigenvalue weighted by Crippen LogP contribution is -2.43. The summed E-state index contributed by atoms with van der Waals surface area (Å²) in [6, 6.07) is 12.1. The van der Waals surface area contributed by atoms with E-state index in [9.17, 15) is 0 Å². The van der Waals surface area contributed by atoms with Crippen molar-refractivity contribution in [3.05, 3.63) is 59.4 Å². The number of halogens is 1. The zero-order valence-electron chi connectivity index (χ0n) is 21.7. The highest BCUT2D eigenvalue weighted by molar-refractivity contribution is 7.99. The molecule has 0 spiro atoms. The van der Waals surface area contributed by atoms with Gasteiger partial charge in [-0.1, -0.05) is 49.9 Å². The number of anilines is 2. The Morgan fingerprint density at radius 1 is 1.11 bits per heavy atom. The smallest absolute Gasteiger partial charge is 0.232 e. The highest BCUT2D eigenvalue weighted by Crippen LogP contribution is 2.39. The minimum Gasteiger partial charge on any atom is -0.361 e. The van der Waals surface area contributed by atoms with Gasteiger partial charge in [-0.15, -0.1) is 0 Å². The van der Waals surface area contributed by atoms with E-state index in [1.807, 2.05) is 24.3 Å². The number of thiocarbonyl (C=S) groups is 1. The predicted octanol–water partition coefficient (Wildman–Crippen LogP) is 6.50. The van der Waals surface area contributed by atoms with Crippen LogP contribution in [0.15, 0.2) is 59.0 Å². The summed E-state index contributed by atoms with van der Waals surface area (Å²) in [5.74, 6) is 2.02. The summed E-state index contributed by atoms with van der Waals surface area (Å²) in [6.07, 6.45) is 11.8. The number of rotatable bonds is 7. The van der Waals surface area contributed by atoms with Gasteiger partial charge in [-0.3, -0.25) is 0 Å². The summed E-state index contributed by atoms with van der Waals surface area (Å²) >= 11 is 13.4. The third-order valence-electron chi connectivity index (χ3n) is 7.49. The molecule has 5 rings (SSSR count). The number of hydrogen-bond acceptors (Lipinski definition) is 7. The Hall–Kier alpha value is -2.49. The zero-order chi connectivity index (χ0) is 26.4. The van der Waals surface area contributed by atoms with E-state index >= 15 is 0 Å². The van der Waals surface area contributed by atoms with Gasteiger partial charge in [0.2, 0.25) is 5.95 Å². The molecule has 0 amide bonds. The first-order chi connectivity index (χ1) is 18.5. The third-order valence-corrected chi connectivity index (χ3v) is 8.80. The molecular weight excluding hydrogens is 534 g/mol. The van der Waals surface area contributed by atoms with Crippen LogP contribution in [0, 0.1) is 5.92 Å². The van der Waals surface area contributed by atoms with Crippen molar-refractivity contribution in [1.29, 1.82) is 0 Å². The van der Waals surface area contributed by atoms with Crippen LogP contribution in [0.5, 0.6) is 0 Å². The highest BCUT2D eigenvalue weighted by Gasteiger charge is 2.34. The first-order valence-corrected chi connectivity index (χ1v) is 15.0. The van der Waals surface area contributed by atoms with Gasteiger partial charge in [0.15, 0.2) is 10.3 Å². The van der Waals surface area contributed by atoms with Crippen molar-refractivity contribution in [2.45, 2.75) is 67.5 Å². The summed E-state index contributed by atoms with van der Waals surface area (Å²) in [6.45, 7) is 5.01. The van der Waals surface area contributed by atoms with E-state index in [0.29, 0.717) is 22.1 Å². The van der Waals surface area contributed by atoms with Crippen LogP contribution in [0.4, 0.5) is 11.8 Å². The Labute approximate surface area is 239 Å². The van der Waals surface area contributed by atoms with Crippen molar-refractivity contribution in [2.75, 3.05) is 29.9 Å². The van der Waals surface area contributed by atoms with Gasteiger partial charge in [0.25, 0.3) is 0 Å². The van der Waals surface area contributed by atoms with Gasteiger partial charge in [-0.2, -0.15) is 4.98 Å². The number of aromatic nitrogens is 4. The molecule has 1 aliphatic carbocycles. The van der Waals surface area contributed by atoms with Crippen molar-refractivity contribution >= 4 is 52.5 Å². The Kier molecular flexibility index (Phi) is 8.97. The summed E-state index contributed by atoms with van der Waals surface area (Å²) in [5.41, 5.74) is 1.35. The molecule has 3 heterocycles. The number of benzene rings is 1. The molecule has 2 N–H and O–H groups in total. The molecule has 200 valence electrons. The lowest BCUT2D eigenvalue weighted by molar-refractivity contribution is 0.292. The highest BCUT2D eigenvalue weighted by atomic mass is 35.5. The van der Waals surface area contributed by atoms with Gasteiger partial charge < -0.3 is 15.5 Å².